The first-order valence-corrected chi connectivity index (χ1v) is 10.8. The maximum absolute atomic E-state index is 13.2. The molecule has 8 heteroatoms. The highest BCUT2D eigenvalue weighted by Gasteiger charge is 2.43. The number of hydrogen-bond donors (Lipinski definition) is 3. The second-order valence-corrected chi connectivity index (χ2v) is 9.70. The lowest BCUT2D eigenvalue weighted by molar-refractivity contribution is -0.142. The fraction of sp³-hybridized carbons (Fsp3) is 0.609. The number of amides is 2. The summed E-state index contributed by atoms with van der Waals surface area (Å²) in [7, 11) is 3.65. The average molecular weight is 430 g/mol. The van der Waals surface area contributed by atoms with Crippen LogP contribution in [0.4, 0.5) is 0 Å². The molecule has 8 nitrogen and oxygen atoms in total. The molecule has 0 bridgehead atoms. The minimum Gasteiger partial charge on any atom is -0.391 e. The number of nitrogens with zero attached hydrogens (tertiary/aromatic N) is 3. The number of aryl methyl sites for hydroxylation is 2. The normalized spacial score (nSPS) is 21.4. The van der Waals surface area contributed by atoms with Crippen molar-refractivity contribution in [3.05, 3.63) is 29.5 Å². The Morgan fingerprint density at radius 3 is 2.58 bits per heavy atom. The number of nitrogens with one attached hydrogen (secondary N) is 2. The van der Waals surface area contributed by atoms with Crippen LogP contribution in [0.25, 0.3) is 10.9 Å². The zero-order valence-corrected chi connectivity index (χ0v) is 19.6. The Morgan fingerprint density at radius 2 is 1.97 bits per heavy atom. The van der Waals surface area contributed by atoms with E-state index in [4.69, 9.17) is 0 Å². The summed E-state index contributed by atoms with van der Waals surface area (Å²) in [5.41, 5.74) is 2.63. The van der Waals surface area contributed by atoms with Gasteiger partial charge in [0.15, 0.2) is 0 Å². The van der Waals surface area contributed by atoms with Crippen LogP contribution in [0.2, 0.25) is 0 Å². The van der Waals surface area contributed by atoms with Gasteiger partial charge in [0.05, 0.1) is 29.4 Å². The van der Waals surface area contributed by atoms with E-state index >= 15 is 0 Å². The lowest BCUT2D eigenvalue weighted by Crippen LogP contribution is -2.56. The highest BCUT2D eigenvalue weighted by Crippen LogP contribution is 2.27. The van der Waals surface area contributed by atoms with E-state index < -0.39 is 18.2 Å². The van der Waals surface area contributed by atoms with Crippen LogP contribution in [-0.2, 0) is 16.6 Å². The molecule has 0 spiro atoms. The lowest BCUT2D eigenvalue weighted by Gasteiger charge is -2.34. The number of aromatic nitrogens is 2. The molecule has 0 radical (unpaired) electrons. The summed E-state index contributed by atoms with van der Waals surface area (Å²) in [5, 5.41) is 21.8. The summed E-state index contributed by atoms with van der Waals surface area (Å²) in [4.78, 5) is 27.8. The minimum absolute atomic E-state index is 0.160. The fourth-order valence-electron chi connectivity index (χ4n) is 4.52. The number of aliphatic hydroxyl groups is 1. The molecular formula is C23H35N5O3. The lowest BCUT2D eigenvalue weighted by atomic mass is 9.86. The van der Waals surface area contributed by atoms with Crippen molar-refractivity contribution in [1.29, 1.82) is 0 Å². The second kappa shape index (κ2) is 8.59. The minimum atomic E-state index is -0.707. The third kappa shape index (κ3) is 4.60. The SMILES string of the molecule is CN[C@H](C(=O)N1C[C@H](O)C[C@H]1C(=O)N[C@@H](C)c1ccc2c(c1)c(C)nn2C)C(C)(C)C. The molecule has 170 valence electrons. The van der Waals surface area contributed by atoms with Crippen LogP contribution < -0.4 is 10.6 Å². The molecule has 1 saturated heterocycles. The van der Waals surface area contributed by atoms with Gasteiger partial charge in [-0.05, 0) is 44.0 Å². The summed E-state index contributed by atoms with van der Waals surface area (Å²) in [5.74, 6) is -0.407. The molecule has 3 rings (SSSR count). The van der Waals surface area contributed by atoms with Crippen LogP contribution in [0.15, 0.2) is 18.2 Å². The van der Waals surface area contributed by atoms with Crippen LogP contribution in [0, 0.1) is 12.3 Å². The number of aliphatic hydroxyl groups excluding tert-OH is 1. The van der Waals surface area contributed by atoms with Crippen LogP contribution in [0.3, 0.4) is 0 Å². The molecule has 2 amide bonds. The van der Waals surface area contributed by atoms with E-state index in [1.54, 1.807) is 7.05 Å². The van der Waals surface area contributed by atoms with Crippen molar-refractivity contribution in [3.8, 4) is 0 Å². The van der Waals surface area contributed by atoms with E-state index in [9.17, 15) is 14.7 Å². The number of carbonyl (C=O) groups is 2. The molecule has 1 aliphatic heterocycles. The quantitative estimate of drug-likeness (QED) is 0.671. The van der Waals surface area contributed by atoms with Gasteiger partial charge in [-0.25, -0.2) is 0 Å². The van der Waals surface area contributed by atoms with Gasteiger partial charge >= 0.3 is 0 Å². The zero-order chi connectivity index (χ0) is 23.1. The Hall–Kier alpha value is -2.45. The van der Waals surface area contributed by atoms with Gasteiger partial charge in [-0.3, -0.25) is 14.3 Å². The van der Waals surface area contributed by atoms with Gasteiger partial charge in [-0.2, -0.15) is 5.10 Å². The summed E-state index contributed by atoms with van der Waals surface area (Å²) < 4.78 is 1.84. The number of carbonyl (C=O) groups excluding carboxylic acids is 2. The maximum atomic E-state index is 13.2. The van der Waals surface area contributed by atoms with Crippen molar-refractivity contribution in [3.63, 3.8) is 0 Å². The van der Waals surface area contributed by atoms with Crippen LogP contribution in [0.1, 0.15) is 51.4 Å². The number of benzene rings is 1. The molecule has 2 heterocycles. The van der Waals surface area contributed by atoms with E-state index in [1.807, 2.05) is 64.5 Å². The molecule has 0 unspecified atom stereocenters. The maximum Gasteiger partial charge on any atom is 0.243 e. The monoisotopic (exact) mass is 429 g/mol. The summed E-state index contributed by atoms with van der Waals surface area (Å²) in [6.45, 7) is 9.99. The Labute approximate surface area is 184 Å². The van der Waals surface area contributed by atoms with Crippen molar-refractivity contribution >= 4 is 22.7 Å². The molecule has 0 aliphatic carbocycles. The van der Waals surface area contributed by atoms with Gasteiger partial charge in [-0.1, -0.05) is 26.8 Å². The van der Waals surface area contributed by atoms with Gasteiger partial charge < -0.3 is 20.6 Å². The topological polar surface area (TPSA) is 99.5 Å². The summed E-state index contributed by atoms with van der Waals surface area (Å²) in [6, 6.07) is 4.66. The average Bonchev–Trinajstić information content (AvgIpc) is 3.20. The Kier molecular flexibility index (Phi) is 6.43. The van der Waals surface area contributed by atoms with E-state index in [1.165, 1.54) is 4.90 Å². The van der Waals surface area contributed by atoms with Gasteiger partial charge in [-0.15, -0.1) is 0 Å². The molecular weight excluding hydrogens is 394 g/mol. The number of β-amino-alcohol motifs (C(OH)–C–C–N with tert-alkyl or cyclic N) is 1. The third-order valence-corrected chi connectivity index (χ3v) is 6.18. The Morgan fingerprint density at radius 1 is 1.29 bits per heavy atom. The highest BCUT2D eigenvalue weighted by atomic mass is 16.3. The molecule has 2 aromatic rings. The van der Waals surface area contributed by atoms with Gasteiger partial charge in [0.1, 0.15) is 6.04 Å². The molecule has 1 fully saturated rings. The highest BCUT2D eigenvalue weighted by molar-refractivity contribution is 5.91. The molecule has 31 heavy (non-hydrogen) atoms. The Balaban J connectivity index is 1.78. The second-order valence-electron chi connectivity index (χ2n) is 9.70. The first-order valence-electron chi connectivity index (χ1n) is 10.8. The standard InChI is InChI=1S/C23H35N5O3/c1-13(15-8-9-18-17(10-15)14(2)26-27(18)7)25-21(30)19-11-16(29)12-28(19)22(31)20(24-6)23(3,4)5/h8-10,13,16,19-20,24,29H,11-12H2,1-7H3,(H,25,30)/t13-,16+,19-,20+/m0/s1. The van der Waals surface area contributed by atoms with Crippen molar-refractivity contribution in [2.24, 2.45) is 12.5 Å². The first kappa shape index (κ1) is 23.2. The first-order chi connectivity index (χ1) is 14.4. The fourth-order valence-corrected chi connectivity index (χ4v) is 4.52. The number of rotatable bonds is 5. The molecule has 3 N–H and O–H groups in total. The number of fused-ring (bicyclic) bond motifs is 1. The molecule has 4 atom stereocenters. The number of likely N-dealkylation sites (N-methyl/N-ethyl adjacent to an activating group) is 1. The zero-order valence-electron chi connectivity index (χ0n) is 19.6. The van der Waals surface area contributed by atoms with Crippen molar-refractivity contribution in [2.75, 3.05) is 13.6 Å². The summed E-state index contributed by atoms with van der Waals surface area (Å²) >= 11 is 0. The number of hydrogen-bond acceptors (Lipinski definition) is 5. The van der Waals surface area contributed by atoms with Crippen LogP contribution in [-0.4, -0.2) is 63.4 Å². The van der Waals surface area contributed by atoms with Crippen LogP contribution in [0.5, 0.6) is 0 Å². The molecule has 1 aromatic carbocycles. The van der Waals surface area contributed by atoms with Crippen molar-refractivity contribution in [2.45, 2.75) is 65.3 Å². The predicted octanol–water partition coefficient (Wildman–Crippen LogP) is 1.65. The van der Waals surface area contributed by atoms with Gasteiger partial charge in [0, 0.05) is 25.4 Å². The molecule has 0 saturated carbocycles. The van der Waals surface area contributed by atoms with Gasteiger partial charge in [0.25, 0.3) is 0 Å². The van der Waals surface area contributed by atoms with E-state index in [-0.39, 0.29) is 36.2 Å². The molecule has 1 aliphatic rings. The van der Waals surface area contributed by atoms with Crippen molar-refractivity contribution in [1.82, 2.24) is 25.3 Å². The van der Waals surface area contributed by atoms with Crippen LogP contribution >= 0.6 is 0 Å². The predicted molar refractivity (Wildman–Crippen MR) is 120 cm³/mol. The molecule has 1 aromatic heterocycles. The third-order valence-electron chi connectivity index (χ3n) is 6.18. The summed E-state index contributed by atoms with van der Waals surface area (Å²) in [6.07, 6.45) is -0.465. The van der Waals surface area contributed by atoms with E-state index in [0.717, 1.165) is 22.2 Å². The van der Waals surface area contributed by atoms with Crippen molar-refractivity contribution < 1.29 is 14.7 Å². The van der Waals surface area contributed by atoms with E-state index in [0.29, 0.717) is 0 Å². The van der Waals surface area contributed by atoms with Gasteiger partial charge in [0.2, 0.25) is 11.8 Å². The Bertz CT molecular complexity index is 977. The number of likely N-dealkylation sites (tertiary alicyclic amines) is 1. The largest absolute Gasteiger partial charge is 0.391 e. The van der Waals surface area contributed by atoms with E-state index in [2.05, 4.69) is 15.7 Å². The smallest absolute Gasteiger partial charge is 0.243 e.